The summed E-state index contributed by atoms with van der Waals surface area (Å²) < 4.78 is 0. The van der Waals surface area contributed by atoms with Crippen molar-refractivity contribution in [3.63, 3.8) is 0 Å². The van der Waals surface area contributed by atoms with Gasteiger partial charge in [0.1, 0.15) is 0 Å². The highest BCUT2D eigenvalue weighted by Crippen LogP contribution is 2.05. The summed E-state index contributed by atoms with van der Waals surface area (Å²) in [7, 11) is 0. The lowest BCUT2D eigenvalue weighted by Crippen LogP contribution is -2.23. The molecule has 3 N–H and O–H groups in total. The zero-order chi connectivity index (χ0) is 12.1. The van der Waals surface area contributed by atoms with Crippen LogP contribution in [0.15, 0.2) is 42.6 Å². The summed E-state index contributed by atoms with van der Waals surface area (Å²) in [5.74, 6) is -0.181. The smallest absolute Gasteiger partial charge is 0.251 e. The number of amides is 1. The Labute approximate surface area is 99.5 Å². The first-order valence-electron chi connectivity index (χ1n) is 5.20. The van der Waals surface area contributed by atoms with Crippen molar-refractivity contribution in [2.75, 3.05) is 5.73 Å². The van der Waals surface area contributed by atoms with Gasteiger partial charge in [-0.2, -0.15) is 0 Å². The van der Waals surface area contributed by atoms with Crippen molar-refractivity contribution in [1.29, 1.82) is 0 Å². The molecule has 2 aromatic rings. The fourth-order valence-electron chi connectivity index (χ4n) is 1.40. The SMILES string of the molecule is Nc1c[c]cc(C(=O)NCc2ccccn2)c1. The minimum atomic E-state index is -0.181. The van der Waals surface area contributed by atoms with Crippen molar-refractivity contribution in [3.8, 4) is 0 Å². The Bertz CT molecular complexity index is 511. The van der Waals surface area contributed by atoms with Gasteiger partial charge in [0.05, 0.1) is 12.2 Å². The van der Waals surface area contributed by atoms with Crippen LogP contribution < -0.4 is 11.1 Å². The summed E-state index contributed by atoms with van der Waals surface area (Å²) in [5, 5.41) is 2.77. The van der Waals surface area contributed by atoms with Crippen molar-refractivity contribution >= 4 is 11.6 Å². The van der Waals surface area contributed by atoms with Crippen LogP contribution in [0.3, 0.4) is 0 Å². The second-order valence-electron chi connectivity index (χ2n) is 3.56. The molecule has 1 radical (unpaired) electrons. The molecule has 0 aliphatic rings. The molecule has 4 heteroatoms. The lowest BCUT2D eigenvalue weighted by atomic mass is 10.2. The Kier molecular flexibility index (Phi) is 3.35. The van der Waals surface area contributed by atoms with Crippen molar-refractivity contribution < 1.29 is 4.79 Å². The van der Waals surface area contributed by atoms with E-state index in [1.165, 1.54) is 0 Å². The number of nitrogens with one attached hydrogen (secondary N) is 1. The largest absolute Gasteiger partial charge is 0.399 e. The fraction of sp³-hybridized carbons (Fsp3) is 0.0769. The normalized spacial score (nSPS) is 9.88. The Balaban J connectivity index is 1.98. The van der Waals surface area contributed by atoms with Crippen LogP contribution in [-0.4, -0.2) is 10.9 Å². The molecule has 1 aromatic heterocycles. The number of nitrogens with zero attached hydrogens (tertiary/aromatic N) is 1. The topological polar surface area (TPSA) is 68.0 Å². The van der Waals surface area contributed by atoms with E-state index in [0.29, 0.717) is 17.8 Å². The number of carbonyl (C=O) groups excluding carboxylic acids is 1. The molecular weight excluding hydrogens is 214 g/mol. The van der Waals surface area contributed by atoms with E-state index in [4.69, 9.17) is 5.73 Å². The number of pyridine rings is 1. The molecule has 0 saturated carbocycles. The number of anilines is 1. The Hall–Kier alpha value is -2.36. The van der Waals surface area contributed by atoms with E-state index in [2.05, 4.69) is 16.4 Å². The molecule has 0 bridgehead atoms. The first-order valence-corrected chi connectivity index (χ1v) is 5.20. The van der Waals surface area contributed by atoms with Gasteiger partial charge in [-0.1, -0.05) is 6.07 Å². The number of carbonyl (C=O) groups is 1. The third-order valence-electron chi connectivity index (χ3n) is 2.23. The number of nitrogens with two attached hydrogens (primary N) is 1. The average molecular weight is 226 g/mol. The molecule has 0 aliphatic carbocycles. The molecule has 17 heavy (non-hydrogen) atoms. The third-order valence-corrected chi connectivity index (χ3v) is 2.23. The Morgan fingerprint density at radius 3 is 3.00 bits per heavy atom. The van der Waals surface area contributed by atoms with Crippen LogP contribution in [0.2, 0.25) is 0 Å². The van der Waals surface area contributed by atoms with Crippen LogP contribution in [0.1, 0.15) is 16.1 Å². The molecule has 85 valence electrons. The highest BCUT2D eigenvalue weighted by atomic mass is 16.1. The van der Waals surface area contributed by atoms with Gasteiger partial charge in [-0.05, 0) is 36.4 Å². The number of nitrogen functional groups attached to an aromatic ring is 1. The van der Waals surface area contributed by atoms with Gasteiger partial charge in [0.2, 0.25) is 0 Å². The van der Waals surface area contributed by atoms with Crippen molar-refractivity contribution in [2.24, 2.45) is 0 Å². The molecule has 0 aliphatic heterocycles. The minimum absolute atomic E-state index is 0.181. The molecule has 1 heterocycles. The first kappa shape index (κ1) is 11.1. The van der Waals surface area contributed by atoms with Crippen LogP contribution in [0.25, 0.3) is 0 Å². The highest BCUT2D eigenvalue weighted by molar-refractivity contribution is 5.94. The number of benzene rings is 1. The summed E-state index contributed by atoms with van der Waals surface area (Å²) in [5.41, 5.74) is 7.42. The van der Waals surface area contributed by atoms with E-state index in [1.54, 1.807) is 24.4 Å². The minimum Gasteiger partial charge on any atom is -0.399 e. The maximum absolute atomic E-state index is 11.8. The van der Waals surface area contributed by atoms with Crippen LogP contribution in [0, 0.1) is 6.07 Å². The van der Waals surface area contributed by atoms with Crippen molar-refractivity contribution in [1.82, 2.24) is 10.3 Å². The maximum atomic E-state index is 11.8. The van der Waals surface area contributed by atoms with Crippen molar-refractivity contribution in [2.45, 2.75) is 6.54 Å². The average Bonchev–Trinajstić information content (AvgIpc) is 2.37. The number of hydrogen-bond donors (Lipinski definition) is 2. The summed E-state index contributed by atoms with van der Waals surface area (Å²) in [6.07, 6.45) is 1.69. The van der Waals surface area contributed by atoms with E-state index in [0.717, 1.165) is 5.69 Å². The van der Waals surface area contributed by atoms with E-state index in [-0.39, 0.29) is 5.91 Å². The van der Waals surface area contributed by atoms with Gasteiger partial charge in [0.15, 0.2) is 0 Å². The predicted octanol–water partition coefficient (Wildman–Crippen LogP) is 1.39. The van der Waals surface area contributed by atoms with E-state index >= 15 is 0 Å². The Morgan fingerprint density at radius 1 is 1.41 bits per heavy atom. The maximum Gasteiger partial charge on any atom is 0.251 e. The van der Waals surface area contributed by atoms with E-state index < -0.39 is 0 Å². The van der Waals surface area contributed by atoms with E-state index in [9.17, 15) is 4.79 Å². The summed E-state index contributed by atoms with van der Waals surface area (Å²) >= 11 is 0. The molecule has 1 aromatic carbocycles. The van der Waals surface area contributed by atoms with Gasteiger partial charge in [-0.15, -0.1) is 0 Å². The highest BCUT2D eigenvalue weighted by Gasteiger charge is 2.05. The van der Waals surface area contributed by atoms with Gasteiger partial charge in [-0.3, -0.25) is 9.78 Å². The van der Waals surface area contributed by atoms with Crippen LogP contribution in [0.5, 0.6) is 0 Å². The zero-order valence-electron chi connectivity index (χ0n) is 9.18. The standard InChI is InChI=1S/C13H12N3O/c14-11-5-3-4-10(8-11)13(17)16-9-12-6-1-2-7-15-12/h1-2,4-8H,9,14H2,(H,16,17). The summed E-state index contributed by atoms with van der Waals surface area (Å²) in [6, 6.07) is 13.2. The first-order chi connectivity index (χ1) is 8.25. The number of hydrogen-bond acceptors (Lipinski definition) is 3. The molecule has 0 unspecified atom stereocenters. The van der Waals surface area contributed by atoms with Gasteiger partial charge < -0.3 is 11.1 Å². The van der Waals surface area contributed by atoms with Crippen LogP contribution in [0.4, 0.5) is 5.69 Å². The van der Waals surface area contributed by atoms with Crippen molar-refractivity contribution in [3.05, 3.63) is 59.9 Å². The molecule has 2 rings (SSSR count). The molecular formula is C13H12N3O. The lowest BCUT2D eigenvalue weighted by molar-refractivity contribution is 0.0950. The van der Waals surface area contributed by atoms with E-state index in [1.807, 2.05) is 18.2 Å². The second-order valence-corrected chi connectivity index (χ2v) is 3.56. The second kappa shape index (κ2) is 5.12. The summed E-state index contributed by atoms with van der Waals surface area (Å²) in [4.78, 5) is 15.9. The van der Waals surface area contributed by atoms with Gasteiger partial charge in [0, 0.05) is 17.4 Å². The van der Waals surface area contributed by atoms with Gasteiger partial charge >= 0.3 is 0 Å². The lowest BCUT2D eigenvalue weighted by Gasteiger charge is -2.05. The molecule has 1 amide bonds. The number of aromatic nitrogens is 1. The third kappa shape index (κ3) is 3.04. The Morgan fingerprint density at radius 2 is 2.29 bits per heavy atom. The number of rotatable bonds is 3. The van der Waals surface area contributed by atoms with Gasteiger partial charge in [-0.25, -0.2) is 0 Å². The fourth-order valence-corrected chi connectivity index (χ4v) is 1.40. The predicted molar refractivity (Wildman–Crippen MR) is 65.1 cm³/mol. The molecule has 4 nitrogen and oxygen atoms in total. The van der Waals surface area contributed by atoms with Gasteiger partial charge in [0.25, 0.3) is 5.91 Å². The quantitative estimate of drug-likeness (QED) is 0.777. The molecule has 0 spiro atoms. The molecule has 0 atom stereocenters. The summed E-state index contributed by atoms with van der Waals surface area (Å²) in [6.45, 7) is 0.397. The monoisotopic (exact) mass is 226 g/mol. The van der Waals surface area contributed by atoms with Crippen LogP contribution >= 0.6 is 0 Å². The molecule has 0 fully saturated rings. The van der Waals surface area contributed by atoms with Crippen LogP contribution in [-0.2, 0) is 6.54 Å². The molecule has 0 saturated heterocycles. The zero-order valence-corrected chi connectivity index (χ0v) is 9.18.